The molecule has 0 aliphatic carbocycles. The van der Waals surface area contributed by atoms with E-state index in [1.165, 1.54) is 4.90 Å². The molecule has 0 aromatic heterocycles. The number of nitrogens with one attached hydrogen (secondary N) is 1. The number of carbonyl (C=O) groups is 1. The molecule has 0 saturated carbocycles. The van der Waals surface area contributed by atoms with E-state index in [0.29, 0.717) is 5.57 Å². The predicted molar refractivity (Wildman–Crippen MR) is 34.3 cm³/mol. The number of carbonyl (C=O) groups excluding carboxylic acids is 1. The molecule has 0 saturated heterocycles. The van der Waals surface area contributed by atoms with Crippen LogP contribution in [-0.4, -0.2) is 23.7 Å². The third-order valence-electron chi connectivity index (χ3n) is 1.36. The minimum absolute atomic E-state index is 0.0694. The van der Waals surface area contributed by atoms with Gasteiger partial charge in [0.2, 0.25) is 0 Å². The van der Waals surface area contributed by atoms with E-state index in [2.05, 4.69) is 0 Å². The zero-order chi connectivity index (χ0) is 7.02. The fourth-order valence-electron chi connectivity index (χ4n) is 0.738. The van der Waals surface area contributed by atoms with Crippen molar-refractivity contribution in [2.45, 2.75) is 6.92 Å². The molecular weight excluding hydrogens is 116 g/mol. The highest BCUT2D eigenvalue weighted by Gasteiger charge is 2.20. The minimum Gasteiger partial charge on any atom is -0.297 e. The van der Waals surface area contributed by atoms with E-state index in [1.807, 2.05) is 0 Å². The lowest BCUT2D eigenvalue weighted by atomic mass is 10.3. The van der Waals surface area contributed by atoms with Crippen molar-refractivity contribution in [2.75, 3.05) is 7.05 Å². The summed E-state index contributed by atoms with van der Waals surface area (Å²) >= 11 is 0. The van der Waals surface area contributed by atoms with E-state index in [9.17, 15) is 4.79 Å². The van der Waals surface area contributed by atoms with E-state index in [-0.39, 0.29) is 11.7 Å². The molecule has 1 aliphatic rings. The Bertz CT molecular complexity index is 205. The lowest BCUT2D eigenvalue weighted by molar-refractivity contribution is -0.121. The summed E-state index contributed by atoms with van der Waals surface area (Å²) in [5.41, 5.74) is 0.641. The van der Waals surface area contributed by atoms with Crippen molar-refractivity contribution in [3.05, 3.63) is 11.6 Å². The van der Waals surface area contributed by atoms with Crippen LogP contribution in [0.5, 0.6) is 0 Å². The molecule has 1 heterocycles. The molecule has 0 aromatic rings. The first-order chi connectivity index (χ1) is 4.13. The van der Waals surface area contributed by atoms with Gasteiger partial charge in [0.1, 0.15) is 5.84 Å². The van der Waals surface area contributed by atoms with Crippen LogP contribution in [0.3, 0.4) is 0 Å². The Balaban J connectivity index is 2.95. The van der Waals surface area contributed by atoms with Crippen LogP contribution in [0.25, 0.3) is 0 Å². The predicted octanol–water partition coefficient (Wildman–Crippen LogP) is 0.382. The fraction of sp³-hybridized carbons (Fsp3) is 0.333. The van der Waals surface area contributed by atoms with Crippen molar-refractivity contribution in [3.63, 3.8) is 0 Å². The average Bonchev–Trinajstić information content (AvgIpc) is 1.98. The molecule has 3 heteroatoms. The summed E-state index contributed by atoms with van der Waals surface area (Å²) < 4.78 is 0. The van der Waals surface area contributed by atoms with Gasteiger partial charge in [0.25, 0.3) is 5.91 Å². The largest absolute Gasteiger partial charge is 0.297 e. The summed E-state index contributed by atoms with van der Waals surface area (Å²) in [6.07, 6.45) is 1.56. The fourth-order valence-corrected chi connectivity index (χ4v) is 0.738. The van der Waals surface area contributed by atoms with Crippen LogP contribution >= 0.6 is 0 Å². The second-order valence-electron chi connectivity index (χ2n) is 2.08. The van der Waals surface area contributed by atoms with Gasteiger partial charge in [-0.25, -0.2) is 0 Å². The molecule has 0 radical (unpaired) electrons. The van der Waals surface area contributed by atoms with Crippen LogP contribution in [0.4, 0.5) is 0 Å². The van der Waals surface area contributed by atoms with Crippen LogP contribution in [0, 0.1) is 5.41 Å². The Morgan fingerprint density at radius 1 is 1.67 bits per heavy atom. The number of likely N-dealkylation sites (N-methyl/N-ethyl adjacent to an activating group) is 1. The van der Waals surface area contributed by atoms with Gasteiger partial charge in [-0.05, 0) is 13.0 Å². The van der Waals surface area contributed by atoms with Crippen molar-refractivity contribution in [1.82, 2.24) is 4.90 Å². The molecule has 0 atom stereocenters. The van der Waals surface area contributed by atoms with Crippen molar-refractivity contribution in [1.29, 1.82) is 5.41 Å². The maximum Gasteiger partial charge on any atom is 0.254 e. The van der Waals surface area contributed by atoms with Gasteiger partial charge < -0.3 is 0 Å². The highest BCUT2D eigenvalue weighted by Crippen LogP contribution is 2.08. The molecular formula is C6H8N2O. The summed E-state index contributed by atoms with van der Waals surface area (Å²) in [6, 6.07) is 0. The Labute approximate surface area is 53.5 Å². The Morgan fingerprint density at radius 2 is 2.22 bits per heavy atom. The van der Waals surface area contributed by atoms with E-state index in [0.717, 1.165) is 0 Å². The third-order valence-corrected chi connectivity index (χ3v) is 1.36. The second kappa shape index (κ2) is 1.69. The zero-order valence-electron chi connectivity index (χ0n) is 5.43. The summed E-state index contributed by atoms with van der Waals surface area (Å²) in [5, 5.41) is 7.14. The van der Waals surface area contributed by atoms with E-state index in [1.54, 1.807) is 20.0 Å². The SMILES string of the molecule is CC1=CC(=N)N(C)C1=O. The topological polar surface area (TPSA) is 44.2 Å². The maximum absolute atomic E-state index is 10.8. The minimum atomic E-state index is -0.0694. The number of nitrogens with zero attached hydrogens (tertiary/aromatic N) is 1. The van der Waals surface area contributed by atoms with Gasteiger partial charge in [0, 0.05) is 12.6 Å². The molecule has 1 rings (SSSR count). The van der Waals surface area contributed by atoms with Gasteiger partial charge in [-0.2, -0.15) is 0 Å². The second-order valence-corrected chi connectivity index (χ2v) is 2.08. The molecule has 0 aromatic carbocycles. The summed E-state index contributed by atoms with van der Waals surface area (Å²) in [7, 11) is 1.59. The van der Waals surface area contributed by atoms with Crippen LogP contribution in [0.15, 0.2) is 11.6 Å². The van der Waals surface area contributed by atoms with Crippen LogP contribution in [0.2, 0.25) is 0 Å². The van der Waals surface area contributed by atoms with Gasteiger partial charge in [-0.3, -0.25) is 15.1 Å². The Kier molecular flexibility index (Phi) is 1.12. The highest BCUT2D eigenvalue weighted by atomic mass is 16.2. The van der Waals surface area contributed by atoms with Gasteiger partial charge in [0.15, 0.2) is 0 Å². The van der Waals surface area contributed by atoms with E-state index < -0.39 is 0 Å². The van der Waals surface area contributed by atoms with Crippen molar-refractivity contribution in [2.24, 2.45) is 0 Å². The number of amides is 1. The first kappa shape index (κ1) is 6.01. The Hall–Kier alpha value is -1.12. The Morgan fingerprint density at radius 3 is 2.33 bits per heavy atom. The lowest BCUT2D eigenvalue weighted by Crippen LogP contribution is -2.25. The molecule has 0 spiro atoms. The number of rotatable bonds is 0. The maximum atomic E-state index is 10.8. The molecule has 1 N–H and O–H groups in total. The van der Waals surface area contributed by atoms with Crippen molar-refractivity contribution < 1.29 is 4.79 Å². The molecule has 3 nitrogen and oxygen atoms in total. The van der Waals surface area contributed by atoms with Gasteiger partial charge in [-0.1, -0.05) is 0 Å². The monoisotopic (exact) mass is 124 g/mol. The van der Waals surface area contributed by atoms with Crippen molar-refractivity contribution >= 4 is 11.7 Å². The van der Waals surface area contributed by atoms with Gasteiger partial charge in [0.05, 0.1) is 0 Å². The summed E-state index contributed by atoms with van der Waals surface area (Å²) in [6.45, 7) is 1.71. The quantitative estimate of drug-likeness (QED) is 0.498. The van der Waals surface area contributed by atoms with Gasteiger partial charge >= 0.3 is 0 Å². The first-order valence-corrected chi connectivity index (χ1v) is 2.68. The zero-order valence-corrected chi connectivity index (χ0v) is 5.43. The number of hydrogen-bond donors (Lipinski definition) is 1. The standard InChI is InChI=1S/C6H8N2O/c1-4-3-5(7)8(2)6(4)9/h3,7H,1-2H3. The molecule has 0 unspecified atom stereocenters. The average molecular weight is 124 g/mol. The molecule has 1 amide bonds. The van der Waals surface area contributed by atoms with E-state index >= 15 is 0 Å². The van der Waals surface area contributed by atoms with Crippen LogP contribution < -0.4 is 0 Å². The molecule has 48 valence electrons. The number of amidine groups is 1. The normalized spacial score (nSPS) is 18.9. The van der Waals surface area contributed by atoms with Gasteiger partial charge in [-0.15, -0.1) is 0 Å². The highest BCUT2D eigenvalue weighted by molar-refractivity contribution is 6.16. The van der Waals surface area contributed by atoms with Crippen LogP contribution in [0.1, 0.15) is 6.92 Å². The third kappa shape index (κ3) is 0.740. The van der Waals surface area contributed by atoms with E-state index in [4.69, 9.17) is 5.41 Å². The molecule has 0 fully saturated rings. The molecule has 1 aliphatic heterocycles. The molecule has 0 bridgehead atoms. The lowest BCUT2D eigenvalue weighted by Gasteiger charge is -2.06. The van der Waals surface area contributed by atoms with Crippen LogP contribution in [-0.2, 0) is 4.79 Å². The smallest absolute Gasteiger partial charge is 0.254 e. The first-order valence-electron chi connectivity index (χ1n) is 2.68. The summed E-state index contributed by atoms with van der Waals surface area (Å²) in [4.78, 5) is 12.1. The number of hydrogen-bond acceptors (Lipinski definition) is 2. The molecule has 9 heavy (non-hydrogen) atoms. The summed E-state index contributed by atoms with van der Waals surface area (Å²) in [5.74, 6) is 0.206. The van der Waals surface area contributed by atoms with Crippen molar-refractivity contribution in [3.8, 4) is 0 Å².